The van der Waals surface area contributed by atoms with Crippen molar-refractivity contribution >= 4 is 50.8 Å². The van der Waals surface area contributed by atoms with Gasteiger partial charge in [0, 0.05) is 43.9 Å². The van der Waals surface area contributed by atoms with E-state index in [1.54, 1.807) is 19.2 Å². The predicted octanol–water partition coefficient (Wildman–Crippen LogP) is 4.78. The summed E-state index contributed by atoms with van der Waals surface area (Å²) in [6, 6.07) is 5.46. The second-order valence-corrected chi connectivity index (χ2v) is 11.7. The van der Waals surface area contributed by atoms with Crippen molar-refractivity contribution in [3.63, 3.8) is 0 Å². The number of rotatable bonds is 13. The zero-order chi connectivity index (χ0) is 26.8. The Morgan fingerprint density at radius 3 is 2.68 bits per heavy atom. The molecule has 1 aliphatic rings. The zero-order valence-corrected chi connectivity index (χ0v) is 23.7. The minimum atomic E-state index is -0.544. The molecule has 3 rings (SSSR count). The average molecular weight is 547 g/mol. The molecule has 9 heteroatoms. The Hall–Kier alpha value is -2.29. The number of likely N-dealkylation sites (N-methyl/N-ethyl adjacent to an activating group) is 1. The maximum absolute atomic E-state index is 13.6. The van der Waals surface area contributed by atoms with Crippen molar-refractivity contribution in [2.75, 3.05) is 27.7 Å². The Balaban J connectivity index is 1.72. The minimum Gasteiger partial charge on any atom is -0.359 e. The normalized spacial score (nSPS) is 16.2. The van der Waals surface area contributed by atoms with Crippen LogP contribution in [0.15, 0.2) is 30.4 Å². The smallest absolute Gasteiger partial charge is 0.224 e. The second-order valence-electron chi connectivity index (χ2n) is 10.2. The molecule has 1 aromatic heterocycles. The molecule has 0 radical (unpaired) electrons. The second kappa shape index (κ2) is 14.6. The Bertz CT molecular complexity index is 1090. The summed E-state index contributed by atoms with van der Waals surface area (Å²) in [4.78, 5) is 45.0. The number of thiazole rings is 1. The molecule has 0 aliphatic heterocycles. The molecular weight excluding hydrogens is 508 g/mol. The van der Waals surface area contributed by atoms with Crippen LogP contribution in [-0.4, -0.2) is 61.2 Å². The van der Waals surface area contributed by atoms with E-state index in [2.05, 4.69) is 15.6 Å². The molecule has 1 fully saturated rings. The van der Waals surface area contributed by atoms with Crippen LogP contribution in [0.5, 0.6) is 0 Å². The van der Waals surface area contributed by atoms with E-state index in [0.717, 1.165) is 40.9 Å². The van der Waals surface area contributed by atoms with Gasteiger partial charge in [-0.2, -0.15) is 0 Å². The number of fused-ring (bicyclic) bond motifs is 1. The number of benzene rings is 1. The topological polar surface area (TPSA) is 91.4 Å². The van der Waals surface area contributed by atoms with Crippen molar-refractivity contribution < 1.29 is 14.4 Å². The van der Waals surface area contributed by atoms with Crippen molar-refractivity contribution in [1.82, 2.24) is 20.5 Å². The molecule has 202 valence electrons. The molecule has 0 unspecified atom stereocenters. The molecule has 2 amide bonds. The molecule has 0 saturated heterocycles. The molecule has 0 bridgehead atoms. The highest BCUT2D eigenvalue weighted by Gasteiger charge is 2.30. The van der Waals surface area contributed by atoms with Gasteiger partial charge in [-0.05, 0) is 63.6 Å². The number of carbonyl (C=O) groups excluding carboxylic acids is 3. The first-order valence-electron chi connectivity index (χ1n) is 13.1. The summed E-state index contributed by atoms with van der Waals surface area (Å²) < 4.78 is 0.961. The van der Waals surface area contributed by atoms with Gasteiger partial charge < -0.3 is 15.5 Å². The summed E-state index contributed by atoms with van der Waals surface area (Å²) >= 11 is 7.63. The van der Waals surface area contributed by atoms with Gasteiger partial charge in [0.1, 0.15) is 0 Å². The van der Waals surface area contributed by atoms with E-state index in [9.17, 15) is 14.4 Å². The standard InChI is InChI=1S/C28H39ClN4O3S/c1-30-26(35)16-20(17-27-31-24-13-11-21(29)18-25(24)37-27)28(36)32-23(19-8-5-4-6-9-19)14-12-22(34)10-7-15-33(2)3/h7,10-11,13,18-20,23H,4-6,8-9,12,14-17H2,1-3H3,(H,30,35)(H,32,36)/b10-7+/t20-,23+/m0/s1. The Morgan fingerprint density at radius 1 is 1.22 bits per heavy atom. The summed E-state index contributed by atoms with van der Waals surface area (Å²) in [5, 5.41) is 7.35. The lowest BCUT2D eigenvalue weighted by atomic mass is 9.81. The third-order valence-electron chi connectivity index (χ3n) is 6.92. The van der Waals surface area contributed by atoms with Gasteiger partial charge in [0.15, 0.2) is 5.78 Å². The molecule has 2 atom stereocenters. The maximum atomic E-state index is 13.6. The third-order valence-corrected chi connectivity index (χ3v) is 8.20. The Labute approximate surface area is 229 Å². The number of nitrogens with zero attached hydrogens (tertiary/aromatic N) is 2. The van der Waals surface area contributed by atoms with Gasteiger partial charge >= 0.3 is 0 Å². The molecule has 37 heavy (non-hydrogen) atoms. The van der Waals surface area contributed by atoms with Gasteiger partial charge in [-0.15, -0.1) is 11.3 Å². The van der Waals surface area contributed by atoms with E-state index in [0.29, 0.717) is 36.7 Å². The van der Waals surface area contributed by atoms with E-state index in [4.69, 9.17) is 11.6 Å². The lowest BCUT2D eigenvalue weighted by Crippen LogP contribution is -2.45. The van der Waals surface area contributed by atoms with Crippen LogP contribution in [0.3, 0.4) is 0 Å². The summed E-state index contributed by atoms with van der Waals surface area (Å²) in [6.45, 7) is 0.716. The highest BCUT2D eigenvalue weighted by molar-refractivity contribution is 7.18. The summed E-state index contributed by atoms with van der Waals surface area (Å²) in [7, 11) is 5.50. The number of allylic oxidation sites excluding steroid dienone is 1. The predicted molar refractivity (Wildman–Crippen MR) is 151 cm³/mol. The van der Waals surface area contributed by atoms with E-state index < -0.39 is 5.92 Å². The van der Waals surface area contributed by atoms with Gasteiger partial charge in [0.2, 0.25) is 11.8 Å². The number of hydrogen-bond donors (Lipinski definition) is 2. The third kappa shape index (κ3) is 9.51. The van der Waals surface area contributed by atoms with E-state index >= 15 is 0 Å². The fourth-order valence-electron chi connectivity index (χ4n) is 4.87. The SMILES string of the molecule is CNC(=O)C[C@@H](Cc1nc2ccc(Cl)cc2s1)C(=O)N[C@H](CCC(=O)/C=C/CN(C)C)C1CCCCC1. The first kappa shape index (κ1) is 29.3. The average Bonchev–Trinajstić information content (AvgIpc) is 3.27. The quantitative estimate of drug-likeness (QED) is 0.353. The van der Waals surface area contributed by atoms with Gasteiger partial charge in [0.25, 0.3) is 0 Å². The monoisotopic (exact) mass is 546 g/mol. The zero-order valence-electron chi connectivity index (χ0n) is 22.1. The molecule has 1 heterocycles. The molecule has 1 saturated carbocycles. The van der Waals surface area contributed by atoms with Gasteiger partial charge in [-0.1, -0.05) is 36.9 Å². The van der Waals surface area contributed by atoms with Crippen LogP contribution >= 0.6 is 22.9 Å². The van der Waals surface area contributed by atoms with Crippen LogP contribution in [0.2, 0.25) is 5.02 Å². The lowest BCUT2D eigenvalue weighted by molar-refractivity contribution is -0.131. The Kier molecular flexibility index (Phi) is 11.5. The number of carbonyl (C=O) groups is 3. The van der Waals surface area contributed by atoms with Crippen LogP contribution in [0, 0.1) is 11.8 Å². The number of aromatic nitrogens is 1. The fourth-order valence-corrected chi connectivity index (χ4v) is 6.19. The number of nitrogens with one attached hydrogen (secondary N) is 2. The lowest BCUT2D eigenvalue weighted by Gasteiger charge is -2.32. The van der Waals surface area contributed by atoms with E-state index in [1.165, 1.54) is 17.8 Å². The summed E-state index contributed by atoms with van der Waals surface area (Å²) in [5.41, 5.74) is 0.837. The van der Waals surface area contributed by atoms with Crippen molar-refractivity contribution in [1.29, 1.82) is 0 Å². The highest BCUT2D eigenvalue weighted by Crippen LogP contribution is 2.30. The number of amides is 2. The van der Waals surface area contributed by atoms with Crippen molar-refractivity contribution in [2.24, 2.45) is 11.8 Å². The van der Waals surface area contributed by atoms with Crippen molar-refractivity contribution in [3.05, 3.63) is 40.4 Å². The Morgan fingerprint density at radius 2 is 1.97 bits per heavy atom. The first-order valence-corrected chi connectivity index (χ1v) is 14.3. The molecule has 7 nitrogen and oxygen atoms in total. The largest absolute Gasteiger partial charge is 0.359 e. The highest BCUT2D eigenvalue weighted by atomic mass is 35.5. The molecule has 1 aromatic carbocycles. The maximum Gasteiger partial charge on any atom is 0.224 e. The molecular formula is C28H39ClN4O3S. The van der Waals surface area contributed by atoms with Crippen LogP contribution in [-0.2, 0) is 20.8 Å². The van der Waals surface area contributed by atoms with E-state index in [-0.39, 0.29) is 30.1 Å². The minimum absolute atomic E-state index is 0.0759. The fraction of sp³-hybridized carbons (Fsp3) is 0.571. The van der Waals surface area contributed by atoms with Crippen LogP contribution < -0.4 is 10.6 Å². The molecule has 0 spiro atoms. The van der Waals surface area contributed by atoms with Crippen LogP contribution in [0.25, 0.3) is 10.2 Å². The number of halogens is 1. The van der Waals surface area contributed by atoms with Gasteiger partial charge in [-0.3, -0.25) is 14.4 Å². The van der Waals surface area contributed by atoms with Crippen LogP contribution in [0.1, 0.15) is 56.4 Å². The number of hydrogen-bond acceptors (Lipinski definition) is 6. The molecule has 1 aliphatic carbocycles. The first-order chi connectivity index (χ1) is 17.7. The summed E-state index contributed by atoms with van der Waals surface area (Å²) in [6.07, 6.45) is 10.6. The van der Waals surface area contributed by atoms with Crippen LogP contribution in [0.4, 0.5) is 0 Å². The van der Waals surface area contributed by atoms with Gasteiger partial charge in [0.05, 0.1) is 21.1 Å². The number of ketones is 1. The van der Waals surface area contributed by atoms with E-state index in [1.807, 2.05) is 37.2 Å². The molecule has 2 N–H and O–H groups in total. The van der Waals surface area contributed by atoms with Crippen molar-refractivity contribution in [3.8, 4) is 0 Å². The van der Waals surface area contributed by atoms with Crippen molar-refractivity contribution in [2.45, 2.75) is 63.8 Å². The summed E-state index contributed by atoms with van der Waals surface area (Å²) in [5.74, 6) is -0.446. The van der Waals surface area contributed by atoms with Gasteiger partial charge in [-0.25, -0.2) is 4.98 Å². The molecule has 2 aromatic rings.